The standard InChI is InChI=1S/C19H30N6O.HI/c1-5-18-24-23-14-25(18)11-10-21-19(20-6-2)22-13-16(4)26-17-9-7-8-15(3)12-17;/h7-9,12,14,16H,5-6,10-11,13H2,1-4H3,(H2,20,21,22);1H. The summed E-state index contributed by atoms with van der Waals surface area (Å²) in [5, 5.41) is 14.7. The van der Waals surface area contributed by atoms with Gasteiger partial charge in [0.1, 0.15) is 24.0 Å². The first-order valence-corrected chi connectivity index (χ1v) is 9.24. The Kier molecular flexibility index (Phi) is 10.8. The van der Waals surface area contributed by atoms with E-state index >= 15 is 0 Å². The molecule has 8 heteroatoms. The molecule has 0 spiro atoms. The number of nitrogens with one attached hydrogen (secondary N) is 2. The first-order valence-electron chi connectivity index (χ1n) is 9.24. The SMILES string of the molecule is CCNC(=NCC(C)Oc1cccc(C)c1)NCCn1cnnc1CC.I. The van der Waals surface area contributed by atoms with E-state index in [0.717, 1.165) is 43.6 Å². The number of nitrogens with zero attached hydrogens (tertiary/aromatic N) is 4. The number of guanidine groups is 1. The van der Waals surface area contributed by atoms with Crippen LogP contribution in [0.1, 0.15) is 32.2 Å². The van der Waals surface area contributed by atoms with E-state index in [9.17, 15) is 0 Å². The van der Waals surface area contributed by atoms with Gasteiger partial charge in [-0.15, -0.1) is 34.2 Å². The molecular weight excluding hydrogens is 455 g/mol. The zero-order valence-corrected chi connectivity index (χ0v) is 18.9. The third kappa shape index (κ3) is 8.15. The van der Waals surface area contributed by atoms with Crippen LogP contribution >= 0.6 is 24.0 Å². The Bertz CT molecular complexity index is 703. The monoisotopic (exact) mass is 486 g/mol. The predicted molar refractivity (Wildman–Crippen MR) is 120 cm³/mol. The molecule has 0 bridgehead atoms. The van der Waals surface area contributed by atoms with Crippen LogP contribution in [0.2, 0.25) is 0 Å². The van der Waals surface area contributed by atoms with E-state index in [1.54, 1.807) is 6.33 Å². The third-order valence-corrected chi connectivity index (χ3v) is 3.83. The summed E-state index contributed by atoms with van der Waals surface area (Å²) in [6.45, 7) is 11.2. The number of aromatic nitrogens is 3. The van der Waals surface area contributed by atoms with Crippen molar-refractivity contribution in [2.45, 2.75) is 46.8 Å². The van der Waals surface area contributed by atoms with Crippen LogP contribution in [0.3, 0.4) is 0 Å². The van der Waals surface area contributed by atoms with E-state index in [4.69, 9.17) is 4.74 Å². The molecule has 2 N–H and O–H groups in total. The van der Waals surface area contributed by atoms with Crippen molar-refractivity contribution in [2.24, 2.45) is 4.99 Å². The number of ether oxygens (including phenoxy) is 1. The van der Waals surface area contributed by atoms with E-state index in [1.165, 1.54) is 5.56 Å². The minimum atomic E-state index is -0.00296. The van der Waals surface area contributed by atoms with Gasteiger partial charge >= 0.3 is 0 Å². The van der Waals surface area contributed by atoms with E-state index in [2.05, 4.69) is 57.2 Å². The van der Waals surface area contributed by atoms with Gasteiger partial charge in [-0.25, -0.2) is 4.99 Å². The molecule has 2 rings (SSSR count). The van der Waals surface area contributed by atoms with Crippen LogP contribution in [0.5, 0.6) is 5.75 Å². The Labute approximate surface area is 179 Å². The predicted octanol–water partition coefficient (Wildman–Crippen LogP) is 2.79. The summed E-state index contributed by atoms with van der Waals surface area (Å²) in [4.78, 5) is 4.62. The number of benzene rings is 1. The maximum atomic E-state index is 5.93. The Hall–Kier alpha value is -1.84. The van der Waals surface area contributed by atoms with Crippen molar-refractivity contribution in [3.05, 3.63) is 42.0 Å². The maximum absolute atomic E-state index is 5.93. The summed E-state index contributed by atoms with van der Waals surface area (Å²) in [5.41, 5.74) is 1.19. The lowest BCUT2D eigenvalue weighted by Gasteiger charge is -2.15. The van der Waals surface area contributed by atoms with Crippen LogP contribution in [-0.4, -0.2) is 46.5 Å². The second-order valence-corrected chi connectivity index (χ2v) is 6.19. The summed E-state index contributed by atoms with van der Waals surface area (Å²) in [7, 11) is 0. The highest BCUT2D eigenvalue weighted by Gasteiger charge is 2.06. The van der Waals surface area contributed by atoms with Crippen LogP contribution in [0, 0.1) is 6.92 Å². The van der Waals surface area contributed by atoms with Gasteiger partial charge in [0, 0.05) is 26.1 Å². The Morgan fingerprint density at radius 1 is 1.30 bits per heavy atom. The average molecular weight is 486 g/mol. The van der Waals surface area contributed by atoms with E-state index in [-0.39, 0.29) is 30.1 Å². The zero-order chi connectivity index (χ0) is 18.8. The van der Waals surface area contributed by atoms with Crippen molar-refractivity contribution in [1.29, 1.82) is 0 Å². The van der Waals surface area contributed by atoms with Crippen LogP contribution in [0.25, 0.3) is 0 Å². The molecule has 0 aliphatic rings. The molecular formula is C19H31IN6O. The first kappa shape index (κ1) is 23.2. The summed E-state index contributed by atoms with van der Waals surface area (Å²) >= 11 is 0. The molecule has 27 heavy (non-hydrogen) atoms. The van der Waals surface area contributed by atoms with Crippen molar-refractivity contribution < 1.29 is 4.74 Å². The van der Waals surface area contributed by atoms with Crippen molar-refractivity contribution >= 4 is 29.9 Å². The molecule has 0 radical (unpaired) electrons. The van der Waals surface area contributed by atoms with E-state index in [0.29, 0.717) is 6.54 Å². The highest BCUT2D eigenvalue weighted by atomic mass is 127. The molecule has 0 amide bonds. The summed E-state index contributed by atoms with van der Waals surface area (Å²) in [6, 6.07) is 8.07. The van der Waals surface area contributed by atoms with Gasteiger partial charge in [-0.1, -0.05) is 19.1 Å². The van der Waals surface area contributed by atoms with Gasteiger partial charge in [0.15, 0.2) is 5.96 Å². The molecule has 150 valence electrons. The normalized spacial score (nSPS) is 12.2. The molecule has 0 aliphatic heterocycles. The lowest BCUT2D eigenvalue weighted by molar-refractivity contribution is 0.230. The van der Waals surface area contributed by atoms with Crippen LogP contribution in [-0.2, 0) is 13.0 Å². The molecule has 1 aromatic heterocycles. The quantitative estimate of drug-likeness (QED) is 0.324. The number of rotatable bonds is 9. The molecule has 0 saturated carbocycles. The highest BCUT2D eigenvalue weighted by Crippen LogP contribution is 2.14. The van der Waals surface area contributed by atoms with Gasteiger partial charge in [-0.3, -0.25) is 0 Å². The van der Waals surface area contributed by atoms with Crippen LogP contribution < -0.4 is 15.4 Å². The Balaban J connectivity index is 0.00000364. The second-order valence-electron chi connectivity index (χ2n) is 6.19. The van der Waals surface area contributed by atoms with Crippen LogP contribution in [0.15, 0.2) is 35.6 Å². The fourth-order valence-corrected chi connectivity index (χ4v) is 2.55. The average Bonchev–Trinajstić information content (AvgIpc) is 3.07. The van der Waals surface area contributed by atoms with Gasteiger partial charge in [-0.05, 0) is 38.5 Å². The first-order chi connectivity index (χ1) is 12.6. The fraction of sp³-hybridized carbons (Fsp3) is 0.526. The van der Waals surface area contributed by atoms with Gasteiger partial charge < -0.3 is 19.9 Å². The van der Waals surface area contributed by atoms with Crippen molar-refractivity contribution in [3.63, 3.8) is 0 Å². The Morgan fingerprint density at radius 3 is 2.81 bits per heavy atom. The molecule has 0 saturated heterocycles. The van der Waals surface area contributed by atoms with Gasteiger partial charge in [0.25, 0.3) is 0 Å². The lowest BCUT2D eigenvalue weighted by atomic mass is 10.2. The third-order valence-electron chi connectivity index (χ3n) is 3.83. The van der Waals surface area contributed by atoms with Crippen molar-refractivity contribution in [3.8, 4) is 5.75 Å². The van der Waals surface area contributed by atoms with Gasteiger partial charge in [0.05, 0.1) is 6.54 Å². The molecule has 1 heterocycles. The van der Waals surface area contributed by atoms with Crippen molar-refractivity contribution in [2.75, 3.05) is 19.6 Å². The summed E-state index contributed by atoms with van der Waals surface area (Å²) < 4.78 is 7.99. The highest BCUT2D eigenvalue weighted by molar-refractivity contribution is 14.0. The summed E-state index contributed by atoms with van der Waals surface area (Å²) in [5.74, 6) is 2.66. The largest absolute Gasteiger partial charge is 0.489 e. The molecule has 2 aromatic rings. The smallest absolute Gasteiger partial charge is 0.191 e. The van der Waals surface area contributed by atoms with Gasteiger partial charge in [0.2, 0.25) is 0 Å². The van der Waals surface area contributed by atoms with Gasteiger partial charge in [-0.2, -0.15) is 0 Å². The lowest BCUT2D eigenvalue weighted by Crippen LogP contribution is -2.39. The topological polar surface area (TPSA) is 76.4 Å². The molecule has 1 aromatic carbocycles. The fourth-order valence-electron chi connectivity index (χ4n) is 2.55. The number of halogens is 1. The Morgan fingerprint density at radius 2 is 2.11 bits per heavy atom. The zero-order valence-electron chi connectivity index (χ0n) is 16.6. The number of aliphatic imine (C=N–C) groups is 1. The molecule has 7 nitrogen and oxygen atoms in total. The molecule has 1 unspecified atom stereocenters. The number of aryl methyl sites for hydroxylation is 2. The number of hydrogen-bond acceptors (Lipinski definition) is 4. The van der Waals surface area contributed by atoms with Crippen LogP contribution in [0.4, 0.5) is 0 Å². The summed E-state index contributed by atoms with van der Waals surface area (Å²) in [6.07, 6.45) is 2.64. The van der Waals surface area contributed by atoms with E-state index in [1.807, 2.05) is 25.1 Å². The minimum absolute atomic E-state index is 0. The molecule has 1 atom stereocenters. The number of hydrogen-bond donors (Lipinski definition) is 2. The molecule has 0 aliphatic carbocycles. The second kappa shape index (κ2) is 12.5. The molecule has 0 fully saturated rings. The minimum Gasteiger partial charge on any atom is -0.489 e. The van der Waals surface area contributed by atoms with E-state index < -0.39 is 0 Å². The van der Waals surface area contributed by atoms with Crippen molar-refractivity contribution in [1.82, 2.24) is 25.4 Å². The maximum Gasteiger partial charge on any atom is 0.191 e.